The van der Waals surface area contributed by atoms with Crippen LogP contribution in [-0.2, 0) is 0 Å². The van der Waals surface area contributed by atoms with Gasteiger partial charge in [0.25, 0.3) is 0 Å². The highest BCUT2D eigenvalue weighted by molar-refractivity contribution is 9.10. The largest absolute Gasteiger partial charge is 0.368 e. The summed E-state index contributed by atoms with van der Waals surface area (Å²) in [7, 11) is 0. The summed E-state index contributed by atoms with van der Waals surface area (Å²) in [5, 5.41) is 3.95. The molecule has 0 bridgehead atoms. The number of hydrogen-bond donors (Lipinski definition) is 1. The Kier molecular flexibility index (Phi) is 2.71. The lowest BCUT2D eigenvalue weighted by Gasteiger charge is -2.11. The molecule has 1 saturated carbocycles. The van der Waals surface area contributed by atoms with Crippen LogP contribution in [0.15, 0.2) is 16.7 Å². The Morgan fingerprint density at radius 3 is 2.93 bits per heavy atom. The van der Waals surface area contributed by atoms with Crippen molar-refractivity contribution in [2.24, 2.45) is 5.41 Å². The van der Waals surface area contributed by atoms with Crippen LogP contribution in [-0.4, -0.2) is 11.5 Å². The van der Waals surface area contributed by atoms with Crippen molar-refractivity contribution < 1.29 is 0 Å². The van der Waals surface area contributed by atoms with Crippen LogP contribution in [0, 0.1) is 5.41 Å². The van der Waals surface area contributed by atoms with Gasteiger partial charge in [0.2, 0.25) is 0 Å². The van der Waals surface area contributed by atoms with E-state index < -0.39 is 0 Å². The van der Waals surface area contributed by atoms with Crippen molar-refractivity contribution in [2.45, 2.75) is 19.8 Å². The van der Waals surface area contributed by atoms with Crippen LogP contribution in [0.5, 0.6) is 0 Å². The Labute approximate surface area is 97.2 Å². The number of nitrogens with zero attached hydrogens (tertiary/aromatic N) is 1. The van der Waals surface area contributed by atoms with Gasteiger partial charge >= 0.3 is 0 Å². The molecular weight excluding hydrogens is 263 g/mol. The summed E-state index contributed by atoms with van der Waals surface area (Å²) in [6, 6.07) is 1.85. The van der Waals surface area contributed by atoms with E-state index in [1.165, 1.54) is 12.8 Å². The fraction of sp³-hybridized carbons (Fsp3) is 0.500. The number of pyridine rings is 1. The van der Waals surface area contributed by atoms with E-state index in [0.29, 0.717) is 10.4 Å². The fourth-order valence-corrected chi connectivity index (χ4v) is 1.93. The molecule has 14 heavy (non-hydrogen) atoms. The second-order valence-corrected chi connectivity index (χ2v) is 5.47. The molecule has 0 spiro atoms. The van der Waals surface area contributed by atoms with Gasteiger partial charge in [0, 0.05) is 17.2 Å². The van der Waals surface area contributed by atoms with Crippen molar-refractivity contribution >= 4 is 33.3 Å². The zero-order valence-corrected chi connectivity index (χ0v) is 10.3. The molecule has 2 nitrogen and oxygen atoms in total. The summed E-state index contributed by atoms with van der Waals surface area (Å²) in [6.45, 7) is 3.23. The lowest BCUT2D eigenvalue weighted by molar-refractivity contribution is 0.609. The van der Waals surface area contributed by atoms with Crippen LogP contribution in [0.3, 0.4) is 0 Å². The monoisotopic (exact) mass is 274 g/mol. The Morgan fingerprint density at radius 2 is 2.36 bits per heavy atom. The number of rotatable bonds is 3. The molecule has 1 aromatic heterocycles. The van der Waals surface area contributed by atoms with Crippen LogP contribution in [0.1, 0.15) is 19.8 Å². The topological polar surface area (TPSA) is 24.9 Å². The van der Waals surface area contributed by atoms with E-state index in [1.54, 1.807) is 6.20 Å². The molecule has 1 heterocycles. The van der Waals surface area contributed by atoms with Gasteiger partial charge in [-0.3, -0.25) is 0 Å². The van der Waals surface area contributed by atoms with E-state index in [-0.39, 0.29) is 0 Å². The van der Waals surface area contributed by atoms with Gasteiger partial charge in [-0.1, -0.05) is 18.5 Å². The van der Waals surface area contributed by atoms with E-state index in [4.69, 9.17) is 11.6 Å². The maximum absolute atomic E-state index is 6.02. The quantitative estimate of drug-likeness (QED) is 0.909. The van der Waals surface area contributed by atoms with Gasteiger partial charge in [0.15, 0.2) is 0 Å². The van der Waals surface area contributed by atoms with E-state index in [0.717, 1.165) is 16.8 Å². The molecule has 76 valence electrons. The Morgan fingerprint density at radius 1 is 1.64 bits per heavy atom. The first-order chi connectivity index (χ1) is 6.59. The van der Waals surface area contributed by atoms with Crippen LogP contribution in [0.4, 0.5) is 5.82 Å². The van der Waals surface area contributed by atoms with Crippen LogP contribution in [0.25, 0.3) is 0 Å². The van der Waals surface area contributed by atoms with E-state index >= 15 is 0 Å². The lowest BCUT2D eigenvalue weighted by Crippen LogP contribution is -2.12. The third kappa shape index (κ3) is 2.39. The number of aromatic nitrogens is 1. The maximum Gasteiger partial charge on any atom is 0.144 e. The molecule has 0 aromatic carbocycles. The summed E-state index contributed by atoms with van der Waals surface area (Å²) >= 11 is 9.35. The van der Waals surface area contributed by atoms with Gasteiger partial charge in [-0.15, -0.1) is 0 Å². The van der Waals surface area contributed by atoms with E-state index in [1.807, 2.05) is 6.07 Å². The van der Waals surface area contributed by atoms with Crippen molar-refractivity contribution in [3.63, 3.8) is 0 Å². The number of anilines is 1. The van der Waals surface area contributed by atoms with Crippen molar-refractivity contribution in [1.82, 2.24) is 4.98 Å². The molecule has 1 N–H and O–H groups in total. The van der Waals surface area contributed by atoms with Crippen molar-refractivity contribution in [3.05, 3.63) is 21.8 Å². The number of halogens is 2. The standard InChI is InChI=1S/C10H12BrClN2/c1-10(2-3-10)6-14-9-8(12)4-7(11)5-13-9/h4-5H,2-3,6H2,1H3,(H,13,14). The van der Waals surface area contributed by atoms with E-state index in [9.17, 15) is 0 Å². The predicted molar refractivity (Wildman–Crippen MR) is 62.8 cm³/mol. The average Bonchev–Trinajstić information content (AvgIpc) is 2.83. The molecule has 1 aromatic rings. The molecule has 0 unspecified atom stereocenters. The van der Waals surface area contributed by atoms with Crippen molar-refractivity contribution in [2.75, 3.05) is 11.9 Å². The second-order valence-electron chi connectivity index (χ2n) is 4.15. The van der Waals surface area contributed by atoms with Gasteiger partial charge in [0.05, 0.1) is 5.02 Å². The highest BCUT2D eigenvalue weighted by atomic mass is 79.9. The predicted octanol–water partition coefficient (Wildman–Crippen LogP) is 3.71. The highest BCUT2D eigenvalue weighted by Gasteiger charge is 2.36. The van der Waals surface area contributed by atoms with Gasteiger partial charge in [-0.2, -0.15) is 0 Å². The number of nitrogens with one attached hydrogen (secondary N) is 1. The van der Waals surface area contributed by atoms with E-state index in [2.05, 4.69) is 33.2 Å². The lowest BCUT2D eigenvalue weighted by atomic mass is 10.1. The minimum absolute atomic E-state index is 0.470. The van der Waals surface area contributed by atoms with Gasteiger partial charge in [-0.25, -0.2) is 4.98 Å². The first-order valence-electron chi connectivity index (χ1n) is 4.64. The summed E-state index contributed by atoms with van der Waals surface area (Å²) in [5.74, 6) is 0.781. The van der Waals surface area contributed by atoms with Crippen LogP contribution >= 0.6 is 27.5 Å². The second kappa shape index (κ2) is 3.70. The third-order valence-corrected chi connectivity index (χ3v) is 3.32. The summed E-state index contributed by atoms with van der Waals surface area (Å²) in [5.41, 5.74) is 0.470. The highest BCUT2D eigenvalue weighted by Crippen LogP contribution is 2.44. The summed E-state index contributed by atoms with van der Waals surface area (Å²) in [4.78, 5) is 4.22. The molecule has 0 radical (unpaired) electrons. The smallest absolute Gasteiger partial charge is 0.144 e. The molecule has 1 aliphatic carbocycles. The molecular formula is C10H12BrClN2. The third-order valence-electron chi connectivity index (χ3n) is 2.59. The summed E-state index contributed by atoms with van der Waals surface area (Å²) < 4.78 is 0.908. The molecule has 0 aliphatic heterocycles. The average molecular weight is 276 g/mol. The molecule has 0 amide bonds. The Bertz CT molecular complexity index is 350. The molecule has 4 heteroatoms. The minimum Gasteiger partial charge on any atom is -0.368 e. The van der Waals surface area contributed by atoms with Gasteiger partial charge in [0.1, 0.15) is 5.82 Å². The zero-order chi connectivity index (χ0) is 10.2. The van der Waals surface area contributed by atoms with Crippen molar-refractivity contribution in [1.29, 1.82) is 0 Å². The molecule has 2 rings (SSSR count). The fourth-order valence-electron chi connectivity index (χ4n) is 1.23. The van der Waals surface area contributed by atoms with Crippen LogP contribution in [0.2, 0.25) is 5.02 Å². The molecule has 0 saturated heterocycles. The summed E-state index contributed by atoms with van der Waals surface area (Å²) in [6.07, 6.45) is 4.35. The molecule has 1 aliphatic rings. The minimum atomic E-state index is 0.470. The van der Waals surface area contributed by atoms with Gasteiger partial charge in [-0.05, 0) is 40.3 Å². The Balaban J connectivity index is 2.02. The maximum atomic E-state index is 6.02. The molecule has 0 atom stereocenters. The van der Waals surface area contributed by atoms with Crippen LogP contribution < -0.4 is 5.32 Å². The first-order valence-corrected chi connectivity index (χ1v) is 5.81. The SMILES string of the molecule is CC1(CNc2ncc(Br)cc2Cl)CC1. The first kappa shape index (κ1) is 10.2. The normalized spacial score (nSPS) is 17.9. The zero-order valence-electron chi connectivity index (χ0n) is 7.98. The Hall–Kier alpha value is -0.280. The number of hydrogen-bond acceptors (Lipinski definition) is 2. The molecule has 1 fully saturated rings. The van der Waals surface area contributed by atoms with Crippen molar-refractivity contribution in [3.8, 4) is 0 Å². The van der Waals surface area contributed by atoms with Gasteiger partial charge < -0.3 is 5.32 Å².